The molecule has 0 bridgehead atoms. The van der Waals surface area contributed by atoms with Crippen LogP contribution in [0.25, 0.3) is 0 Å². The van der Waals surface area contributed by atoms with Crippen molar-refractivity contribution in [2.24, 2.45) is 0 Å². The summed E-state index contributed by atoms with van der Waals surface area (Å²) in [6.07, 6.45) is -3.97. The van der Waals surface area contributed by atoms with Gasteiger partial charge in [-0.15, -0.1) is 0 Å². The normalized spacial score (nSPS) is 18.7. The van der Waals surface area contributed by atoms with E-state index in [4.69, 9.17) is 0 Å². The zero-order valence-electron chi connectivity index (χ0n) is 14.8. The molecule has 1 unspecified atom stereocenters. The smallest absolute Gasteiger partial charge is 0.297 e. The third kappa shape index (κ3) is 4.88. The zero-order chi connectivity index (χ0) is 19.7. The highest BCUT2D eigenvalue weighted by Crippen LogP contribution is 2.33. The maximum Gasteiger partial charge on any atom is 0.416 e. The third-order valence-corrected chi connectivity index (χ3v) is 6.19. The molecule has 2 aromatic rings. The van der Waals surface area contributed by atoms with Crippen molar-refractivity contribution >= 4 is 10.0 Å². The van der Waals surface area contributed by atoms with Crippen LogP contribution in [0.5, 0.6) is 0 Å². The molecule has 4 nitrogen and oxygen atoms in total. The molecule has 3 rings (SSSR count). The first kappa shape index (κ1) is 19.9. The quantitative estimate of drug-likeness (QED) is 0.838. The highest BCUT2D eigenvalue weighted by molar-refractivity contribution is 7.89. The van der Waals surface area contributed by atoms with Crippen molar-refractivity contribution in [1.82, 2.24) is 9.62 Å². The number of halogens is 3. The topological polar surface area (TPSA) is 49.4 Å². The van der Waals surface area contributed by atoms with Crippen LogP contribution in [-0.4, -0.2) is 32.4 Å². The molecule has 0 aromatic heterocycles. The second-order valence-electron chi connectivity index (χ2n) is 6.80. The van der Waals surface area contributed by atoms with Gasteiger partial charge in [0.1, 0.15) is 0 Å². The molecule has 0 radical (unpaired) electrons. The summed E-state index contributed by atoms with van der Waals surface area (Å²) in [4.78, 5) is 1.76. The highest BCUT2D eigenvalue weighted by Gasteiger charge is 2.34. The number of rotatable bonds is 5. The molecule has 0 saturated carbocycles. The molecule has 1 N–H and O–H groups in total. The molecule has 1 fully saturated rings. The molecule has 1 aliphatic rings. The number of hydrogen-bond donors (Lipinski definition) is 1. The summed E-state index contributed by atoms with van der Waals surface area (Å²) in [5, 5.41) is 0. The molecule has 1 saturated heterocycles. The van der Waals surface area contributed by atoms with Crippen molar-refractivity contribution < 1.29 is 21.6 Å². The first-order valence-corrected chi connectivity index (χ1v) is 10.1. The van der Waals surface area contributed by atoms with E-state index in [0.29, 0.717) is 25.6 Å². The summed E-state index contributed by atoms with van der Waals surface area (Å²) in [6.45, 7) is 3.27. The average molecular weight is 398 g/mol. The Balaban J connectivity index is 1.69. The fourth-order valence-corrected chi connectivity index (χ4v) is 4.56. The van der Waals surface area contributed by atoms with E-state index in [-0.39, 0.29) is 16.5 Å². The molecule has 8 heteroatoms. The lowest BCUT2D eigenvalue weighted by atomic mass is 10.1. The number of aryl methyl sites for hydroxylation is 1. The Labute approximate surface area is 157 Å². The number of nitrogens with zero attached hydrogens (tertiary/aromatic N) is 1. The fourth-order valence-electron chi connectivity index (χ4n) is 3.28. The van der Waals surface area contributed by atoms with Gasteiger partial charge < -0.3 is 0 Å². The fraction of sp³-hybridized carbons (Fsp3) is 0.368. The molecule has 146 valence electrons. The molecule has 0 amide bonds. The molecular formula is C19H21F3N2O2S. The Morgan fingerprint density at radius 1 is 1.15 bits per heavy atom. The Hall–Kier alpha value is -1.90. The maximum atomic E-state index is 13.1. The molecule has 1 aliphatic heterocycles. The predicted molar refractivity (Wildman–Crippen MR) is 96.6 cm³/mol. The second-order valence-corrected chi connectivity index (χ2v) is 8.52. The average Bonchev–Trinajstić information content (AvgIpc) is 3.01. The van der Waals surface area contributed by atoms with Gasteiger partial charge in [-0.1, -0.05) is 36.4 Å². The number of sulfonamides is 1. The van der Waals surface area contributed by atoms with E-state index >= 15 is 0 Å². The number of nitrogens with one attached hydrogen (secondary N) is 1. The summed E-state index contributed by atoms with van der Waals surface area (Å²) in [6, 6.07) is 12.6. The summed E-state index contributed by atoms with van der Waals surface area (Å²) in [5.74, 6) is 0. The maximum absolute atomic E-state index is 13.1. The van der Waals surface area contributed by atoms with Gasteiger partial charge >= 0.3 is 6.18 Å². The first-order chi connectivity index (χ1) is 12.6. The van der Waals surface area contributed by atoms with Crippen LogP contribution in [0.4, 0.5) is 13.2 Å². The molecule has 0 spiro atoms. The zero-order valence-corrected chi connectivity index (χ0v) is 15.6. The van der Waals surface area contributed by atoms with E-state index in [2.05, 4.69) is 9.62 Å². The van der Waals surface area contributed by atoms with Crippen molar-refractivity contribution in [1.29, 1.82) is 0 Å². The van der Waals surface area contributed by atoms with Crippen LogP contribution < -0.4 is 4.72 Å². The second kappa shape index (κ2) is 7.61. The Kier molecular flexibility index (Phi) is 5.60. The van der Waals surface area contributed by atoms with E-state index in [9.17, 15) is 21.6 Å². The summed E-state index contributed by atoms with van der Waals surface area (Å²) in [7, 11) is -4.02. The van der Waals surface area contributed by atoms with Gasteiger partial charge in [0.15, 0.2) is 0 Å². The lowest BCUT2D eigenvalue weighted by Gasteiger charge is -2.17. The molecule has 2 aromatic carbocycles. The van der Waals surface area contributed by atoms with E-state index in [1.807, 2.05) is 30.3 Å². The van der Waals surface area contributed by atoms with Crippen LogP contribution in [0.1, 0.15) is 23.1 Å². The van der Waals surface area contributed by atoms with Gasteiger partial charge in [0.25, 0.3) is 0 Å². The number of benzene rings is 2. The molecule has 1 heterocycles. The van der Waals surface area contributed by atoms with E-state index < -0.39 is 21.8 Å². The molecular weight excluding hydrogens is 377 g/mol. The van der Waals surface area contributed by atoms with Gasteiger partial charge in [0.2, 0.25) is 10.0 Å². The van der Waals surface area contributed by atoms with Crippen molar-refractivity contribution in [2.45, 2.75) is 37.0 Å². The molecule has 1 atom stereocenters. The molecule has 27 heavy (non-hydrogen) atoms. The summed E-state index contributed by atoms with van der Waals surface area (Å²) in [5.41, 5.74) is 0.202. The number of likely N-dealkylation sites (tertiary alicyclic amines) is 1. The van der Waals surface area contributed by atoms with Crippen LogP contribution in [0.15, 0.2) is 53.4 Å². The van der Waals surface area contributed by atoms with Gasteiger partial charge in [-0.05, 0) is 36.6 Å². The predicted octanol–water partition coefficient (Wildman–Crippen LogP) is 3.57. The first-order valence-electron chi connectivity index (χ1n) is 8.61. The van der Waals surface area contributed by atoms with Gasteiger partial charge in [0, 0.05) is 25.7 Å². The monoisotopic (exact) mass is 398 g/mol. The number of hydrogen-bond acceptors (Lipinski definition) is 3. The third-order valence-electron chi connectivity index (χ3n) is 4.67. The van der Waals surface area contributed by atoms with Gasteiger partial charge in [-0.2, -0.15) is 13.2 Å². The van der Waals surface area contributed by atoms with Crippen LogP contribution in [0.3, 0.4) is 0 Å². The minimum absolute atomic E-state index is 0.00338. The largest absolute Gasteiger partial charge is 0.416 e. The van der Waals surface area contributed by atoms with Gasteiger partial charge in [0.05, 0.1) is 10.5 Å². The number of alkyl halides is 3. The molecule has 0 aliphatic carbocycles. The van der Waals surface area contributed by atoms with Crippen molar-refractivity contribution in [3.63, 3.8) is 0 Å². The van der Waals surface area contributed by atoms with Crippen LogP contribution >= 0.6 is 0 Å². The standard InChI is InChI=1S/C19H21F3N2O2S/c1-14-7-8-17(11-18(14)19(20,21)22)27(25,26)23-16-9-10-24(13-16)12-15-5-3-2-4-6-15/h2-8,11,16,23H,9-10,12-13H2,1H3. The lowest BCUT2D eigenvalue weighted by molar-refractivity contribution is -0.138. The van der Waals surface area contributed by atoms with Crippen molar-refractivity contribution in [3.8, 4) is 0 Å². The van der Waals surface area contributed by atoms with Crippen molar-refractivity contribution in [2.75, 3.05) is 13.1 Å². The highest BCUT2D eigenvalue weighted by atomic mass is 32.2. The van der Waals surface area contributed by atoms with E-state index in [1.54, 1.807) is 0 Å². The minimum atomic E-state index is -4.59. The SMILES string of the molecule is Cc1ccc(S(=O)(=O)NC2CCN(Cc3ccccc3)C2)cc1C(F)(F)F. The van der Waals surface area contributed by atoms with Gasteiger partial charge in [-0.25, -0.2) is 13.1 Å². The van der Waals surface area contributed by atoms with Crippen LogP contribution in [-0.2, 0) is 22.7 Å². The Bertz CT molecular complexity index is 899. The minimum Gasteiger partial charge on any atom is -0.297 e. The summed E-state index contributed by atoms with van der Waals surface area (Å²) < 4.78 is 66.8. The lowest BCUT2D eigenvalue weighted by Crippen LogP contribution is -2.37. The van der Waals surface area contributed by atoms with E-state index in [1.165, 1.54) is 19.1 Å². The van der Waals surface area contributed by atoms with Crippen molar-refractivity contribution in [3.05, 3.63) is 65.2 Å². The Morgan fingerprint density at radius 3 is 2.52 bits per heavy atom. The van der Waals surface area contributed by atoms with Crippen LogP contribution in [0.2, 0.25) is 0 Å². The Morgan fingerprint density at radius 2 is 1.85 bits per heavy atom. The van der Waals surface area contributed by atoms with Crippen LogP contribution in [0, 0.1) is 6.92 Å². The van der Waals surface area contributed by atoms with Gasteiger partial charge in [-0.3, -0.25) is 4.90 Å². The van der Waals surface area contributed by atoms with E-state index in [0.717, 1.165) is 12.1 Å². The summed E-state index contributed by atoms with van der Waals surface area (Å²) >= 11 is 0.